The Balaban J connectivity index is 0. The van der Waals surface area contributed by atoms with Crippen molar-refractivity contribution in [1.82, 2.24) is 0 Å². The molecule has 12 heavy (non-hydrogen) atoms. The predicted octanol–water partition coefficient (Wildman–Crippen LogP) is 4.67. The lowest BCUT2D eigenvalue weighted by Gasteiger charge is -1.98. The van der Waals surface area contributed by atoms with E-state index in [1.54, 1.807) is 0 Å². The van der Waals surface area contributed by atoms with Gasteiger partial charge in [0, 0.05) is 5.33 Å². The van der Waals surface area contributed by atoms with Crippen LogP contribution in [0.4, 0.5) is 4.70 Å². The second kappa shape index (κ2) is 14.0. The number of hydrogen-bond acceptors (Lipinski definition) is 0. The summed E-state index contributed by atoms with van der Waals surface area (Å²) in [6, 6.07) is 0. The maximum absolute atomic E-state index is 3.44. The molecule has 0 heterocycles. The van der Waals surface area contributed by atoms with Gasteiger partial charge in [-0.25, -0.2) is 0 Å². The van der Waals surface area contributed by atoms with Gasteiger partial charge in [0.15, 0.2) is 0 Å². The SMILES string of the molecule is CCCCCCCCCCBr.F. The van der Waals surface area contributed by atoms with Crippen molar-refractivity contribution >= 4 is 15.9 Å². The molecule has 0 radical (unpaired) electrons. The van der Waals surface area contributed by atoms with Crippen LogP contribution >= 0.6 is 15.9 Å². The van der Waals surface area contributed by atoms with Crippen molar-refractivity contribution in [2.24, 2.45) is 0 Å². The van der Waals surface area contributed by atoms with Gasteiger partial charge in [0.1, 0.15) is 0 Å². The molecule has 0 bridgehead atoms. The summed E-state index contributed by atoms with van der Waals surface area (Å²) in [7, 11) is 0. The topological polar surface area (TPSA) is 0 Å². The minimum atomic E-state index is 0. The molecule has 0 unspecified atom stereocenters. The molecular weight excluding hydrogens is 219 g/mol. The van der Waals surface area contributed by atoms with E-state index >= 15 is 0 Å². The van der Waals surface area contributed by atoms with E-state index in [1.807, 2.05) is 0 Å². The van der Waals surface area contributed by atoms with Crippen LogP contribution in [0.5, 0.6) is 0 Å². The summed E-state index contributed by atoms with van der Waals surface area (Å²) in [5, 5.41) is 1.18. The quantitative estimate of drug-likeness (QED) is 0.427. The lowest BCUT2D eigenvalue weighted by Crippen LogP contribution is -1.80. The smallest absolute Gasteiger partial charge is 0.00313 e. The summed E-state index contributed by atoms with van der Waals surface area (Å²) in [6.07, 6.45) is 11.4. The highest BCUT2D eigenvalue weighted by atomic mass is 79.9. The van der Waals surface area contributed by atoms with Gasteiger partial charge < -0.3 is 0 Å². The molecule has 0 aromatic carbocycles. The van der Waals surface area contributed by atoms with Gasteiger partial charge >= 0.3 is 0 Å². The Morgan fingerprint density at radius 2 is 1.17 bits per heavy atom. The van der Waals surface area contributed by atoms with Gasteiger partial charge in [0.2, 0.25) is 0 Å². The van der Waals surface area contributed by atoms with Crippen molar-refractivity contribution in [2.45, 2.75) is 58.3 Å². The summed E-state index contributed by atoms with van der Waals surface area (Å²) in [6.45, 7) is 2.27. The molecule has 0 aliphatic rings. The minimum absolute atomic E-state index is 0. The van der Waals surface area contributed by atoms with Crippen LogP contribution in [0.15, 0.2) is 0 Å². The maximum Gasteiger partial charge on any atom is 0.00313 e. The molecule has 0 aromatic rings. The van der Waals surface area contributed by atoms with Crippen LogP contribution in [0.1, 0.15) is 58.3 Å². The van der Waals surface area contributed by atoms with Gasteiger partial charge in [-0.3, -0.25) is 4.70 Å². The number of unbranched alkanes of at least 4 members (excludes halogenated alkanes) is 7. The highest BCUT2D eigenvalue weighted by Crippen LogP contribution is 2.08. The van der Waals surface area contributed by atoms with Crippen LogP contribution in [-0.2, 0) is 0 Å². The van der Waals surface area contributed by atoms with E-state index in [2.05, 4.69) is 22.9 Å². The van der Waals surface area contributed by atoms with E-state index in [1.165, 1.54) is 56.7 Å². The molecule has 0 fully saturated rings. The average molecular weight is 241 g/mol. The Morgan fingerprint density at radius 3 is 1.58 bits per heavy atom. The zero-order chi connectivity index (χ0) is 8.36. The van der Waals surface area contributed by atoms with Crippen molar-refractivity contribution in [1.29, 1.82) is 0 Å². The van der Waals surface area contributed by atoms with E-state index in [-0.39, 0.29) is 4.70 Å². The van der Waals surface area contributed by atoms with E-state index in [9.17, 15) is 0 Å². The molecule has 0 N–H and O–H groups in total. The highest BCUT2D eigenvalue weighted by Gasteiger charge is 1.89. The molecule has 0 atom stereocenters. The monoisotopic (exact) mass is 240 g/mol. The minimum Gasteiger partial charge on any atom is -0.269 e. The molecule has 0 saturated heterocycles. The maximum atomic E-state index is 3.44. The summed E-state index contributed by atoms with van der Waals surface area (Å²) >= 11 is 3.44. The van der Waals surface area contributed by atoms with E-state index in [0.29, 0.717) is 0 Å². The van der Waals surface area contributed by atoms with E-state index in [0.717, 1.165) is 0 Å². The van der Waals surface area contributed by atoms with Crippen LogP contribution in [0.25, 0.3) is 0 Å². The molecule has 0 spiro atoms. The second-order valence-electron chi connectivity index (χ2n) is 3.16. The number of alkyl halides is 1. The summed E-state index contributed by atoms with van der Waals surface area (Å²) in [4.78, 5) is 0. The van der Waals surface area contributed by atoms with Crippen molar-refractivity contribution in [3.05, 3.63) is 0 Å². The molecule has 0 nitrogen and oxygen atoms in total. The van der Waals surface area contributed by atoms with Crippen LogP contribution in [0, 0.1) is 0 Å². The van der Waals surface area contributed by atoms with Gasteiger partial charge in [-0.05, 0) is 6.42 Å². The fourth-order valence-electron chi connectivity index (χ4n) is 1.23. The van der Waals surface area contributed by atoms with Crippen LogP contribution < -0.4 is 0 Å². The largest absolute Gasteiger partial charge is 0.269 e. The standard InChI is InChI=1S/C10H21Br.FH/c1-2-3-4-5-6-7-8-9-10-11;/h2-10H2,1H3;1H. The van der Waals surface area contributed by atoms with Crippen molar-refractivity contribution in [3.63, 3.8) is 0 Å². The van der Waals surface area contributed by atoms with Crippen molar-refractivity contribution in [2.75, 3.05) is 5.33 Å². The van der Waals surface area contributed by atoms with Crippen LogP contribution in [0.2, 0.25) is 0 Å². The van der Waals surface area contributed by atoms with Gasteiger partial charge in [-0.2, -0.15) is 0 Å². The third-order valence-corrected chi connectivity index (χ3v) is 2.55. The Labute approximate surface area is 84.6 Å². The molecule has 2 heteroatoms. The van der Waals surface area contributed by atoms with Crippen molar-refractivity contribution < 1.29 is 4.70 Å². The average Bonchev–Trinajstić information content (AvgIpc) is 2.03. The first-order chi connectivity index (χ1) is 5.41. The molecule has 0 aliphatic carbocycles. The Kier molecular flexibility index (Phi) is 17.3. The lowest BCUT2D eigenvalue weighted by molar-refractivity contribution is 0.587. The molecular formula is C10H22BrF. The third-order valence-electron chi connectivity index (χ3n) is 1.99. The summed E-state index contributed by atoms with van der Waals surface area (Å²) < 4.78 is 0. The van der Waals surface area contributed by atoms with Gasteiger partial charge in [-0.1, -0.05) is 67.8 Å². The van der Waals surface area contributed by atoms with Gasteiger partial charge in [-0.15, -0.1) is 0 Å². The third kappa shape index (κ3) is 13.0. The first-order valence-electron chi connectivity index (χ1n) is 4.97. The van der Waals surface area contributed by atoms with Gasteiger partial charge in [0.05, 0.1) is 0 Å². The summed E-state index contributed by atoms with van der Waals surface area (Å²) in [5.74, 6) is 0. The molecule has 0 rings (SSSR count). The molecule has 0 amide bonds. The molecule has 0 aliphatic heterocycles. The Morgan fingerprint density at radius 1 is 0.750 bits per heavy atom. The number of rotatable bonds is 8. The van der Waals surface area contributed by atoms with Gasteiger partial charge in [0.25, 0.3) is 0 Å². The summed E-state index contributed by atoms with van der Waals surface area (Å²) in [5.41, 5.74) is 0. The zero-order valence-electron chi connectivity index (χ0n) is 8.15. The molecule has 0 saturated carbocycles. The van der Waals surface area contributed by atoms with E-state index < -0.39 is 0 Å². The lowest BCUT2D eigenvalue weighted by atomic mass is 10.1. The highest BCUT2D eigenvalue weighted by molar-refractivity contribution is 9.09. The Bertz CT molecular complexity index is 58.9. The normalized spacial score (nSPS) is 9.50. The van der Waals surface area contributed by atoms with Crippen LogP contribution in [0.3, 0.4) is 0 Å². The number of hydrogen-bond donors (Lipinski definition) is 0. The second-order valence-corrected chi connectivity index (χ2v) is 3.96. The van der Waals surface area contributed by atoms with Crippen LogP contribution in [-0.4, -0.2) is 5.33 Å². The number of halogens is 2. The predicted molar refractivity (Wildman–Crippen MR) is 58.9 cm³/mol. The zero-order valence-corrected chi connectivity index (χ0v) is 9.74. The first kappa shape index (κ1) is 14.9. The first-order valence-corrected chi connectivity index (χ1v) is 6.10. The molecule has 0 aromatic heterocycles. The Hall–Kier alpha value is 0.410. The van der Waals surface area contributed by atoms with Crippen molar-refractivity contribution in [3.8, 4) is 0 Å². The molecule has 76 valence electrons. The van der Waals surface area contributed by atoms with E-state index in [4.69, 9.17) is 0 Å². The fraction of sp³-hybridized carbons (Fsp3) is 1.00. The fourth-order valence-corrected chi connectivity index (χ4v) is 1.62.